The Morgan fingerprint density at radius 2 is 2.25 bits per heavy atom. The second-order valence-electron chi connectivity index (χ2n) is 1.95. The average Bonchev–Trinajstić information content (AvgIpc) is 1.97. The molecule has 0 radical (unpaired) electrons. The fourth-order valence-electron chi connectivity index (χ4n) is 0.511. The van der Waals surface area contributed by atoms with Crippen molar-refractivity contribution in [3.05, 3.63) is 0 Å². The number of nitrogens with one attached hydrogen (secondary N) is 1. The van der Waals surface area contributed by atoms with Crippen LogP contribution in [0.25, 0.3) is 0 Å². The Bertz CT molecular complexity index is 248. The highest BCUT2D eigenvalue weighted by Gasteiger charge is 2.23. The van der Waals surface area contributed by atoms with E-state index in [1.165, 1.54) is 0 Å². The largest absolute Gasteiger partial charge is 0.468 e. The SMILES string of the molecule is COC(=O)C(CS(=O)(=O)O)NS. The van der Waals surface area contributed by atoms with E-state index in [-0.39, 0.29) is 0 Å². The van der Waals surface area contributed by atoms with Crippen LogP contribution in [0.2, 0.25) is 0 Å². The van der Waals surface area contributed by atoms with Gasteiger partial charge in [0.25, 0.3) is 10.1 Å². The summed E-state index contributed by atoms with van der Waals surface area (Å²) in [5.41, 5.74) is 0. The molecule has 1 unspecified atom stereocenters. The highest BCUT2D eigenvalue weighted by atomic mass is 32.2. The molecule has 0 spiro atoms. The Morgan fingerprint density at radius 3 is 2.50 bits per heavy atom. The standard InChI is InChI=1S/C4H9NO5S2/c1-10-4(6)3(5-11)2-12(7,8)9/h3,5,11H,2H2,1H3,(H,7,8,9). The van der Waals surface area contributed by atoms with Gasteiger partial charge in [0.05, 0.1) is 7.11 Å². The molecule has 0 aliphatic heterocycles. The van der Waals surface area contributed by atoms with Crippen molar-refractivity contribution in [1.82, 2.24) is 4.72 Å². The van der Waals surface area contributed by atoms with Crippen LogP contribution in [-0.2, 0) is 19.6 Å². The predicted molar refractivity (Wildman–Crippen MR) is 44.3 cm³/mol. The van der Waals surface area contributed by atoms with Gasteiger partial charge in [-0.2, -0.15) is 8.42 Å². The highest BCUT2D eigenvalue weighted by Crippen LogP contribution is 1.94. The molecule has 0 aliphatic rings. The van der Waals surface area contributed by atoms with E-state index in [2.05, 4.69) is 22.3 Å². The third-order valence-corrected chi connectivity index (χ3v) is 2.09. The number of hydrogen-bond acceptors (Lipinski definition) is 6. The smallest absolute Gasteiger partial charge is 0.324 e. The first-order chi connectivity index (χ1) is 5.40. The molecule has 0 aliphatic carbocycles. The Kier molecular flexibility index (Phi) is 4.53. The van der Waals surface area contributed by atoms with Crippen LogP contribution in [0.1, 0.15) is 0 Å². The van der Waals surface area contributed by atoms with Gasteiger partial charge in [-0.15, -0.1) is 0 Å². The van der Waals surface area contributed by atoms with Gasteiger partial charge in [-0.05, 0) is 0 Å². The van der Waals surface area contributed by atoms with Crippen molar-refractivity contribution in [3.8, 4) is 0 Å². The molecule has 0 heterocycles. The molecule has 0 aromatic rings. The van der Waals surface area contributed by atoms with Crippen LogP contribution in [0.5, 0.6) is 0 Å². The Labute approximate surface area is 75.6 Å². The summed E-state index contributed by atoms with van der Waals surface area (Å²) in [4.78, 5) is 10.7. The van der Waals surface area contributed by atoms with Crippen molar-refractivity contribution >= 4 is 28.9 Å². The quantitative estimate of drug-likeness (QED) is 0.311. The van der Waals surface area contributed by atoms with Gasteiger partial charge in [0, 0.05) is 0 Å². The van der Waals surface area contributed by atoms with Gasteiger partial charge >= 0.3 is 5.97 Å². The lowest BCUT2D eigenvalue weighted by Crippen LogP contribution is -2.38. The van der Waals surface area contributed by atoms with Gasteiger partial charge in [-0.25, -0.2) is 0 Å². The molecule has 0 aromatic carbocycles. The van der Waals surface area contributed by atoms with Crippen molar-refractivity contribution in [1.29, 1.82) is 0 Å². The summed E-state index contributed by atoms with van der Waals surface area (Å²) in [6.45, 7) is 0. The number of carbonyl (C=O) groups excluding carboxylic acids is 1. The molecule has 1 atom stereocenters. The van der Waals surface area contributed by atoms with Crippen LogP contribution in [0.15, 0.2) is 0 Å². The molecule has 6 nitrogen and oxygen atoms in total. The number of ether oxygens (including phenoxy) is 1. The molecule has 12 heavy (non-hydrogen) atoms. The minimum Gasteiger partial charge on any atom is -0.468 e. The van der Waals surface area contributed by atoms with Gasteiger partial charge in [-0.1, -0.05) is 12.8 Å². The maximum Gasteiger partial charge on any atom is 0.324 e. The lowest BCUT2D eigenvalue weighted by Gasteiger charge is -2.09. The zero-order chi connectivity index (χ0) is 9.78. The number of methoxy groups -OCH3 is 1. The van der Waals surface area contributed by atoms with E-state index >= 15 is 0 Å². The number of thiol groups is 1. The van der Waals surface area contributed by atoms with Crippen molar-refractivity contribution in [2.24, 2.45) is 0 Å². The summed E-state index contributed by atoms with van der Waals surface area (Å²) in [7, 11) is -3.10. The summed E-state index contributed by atoms with van der Waals surface area (Å²) < 4.78 is 35.3. The summed E-state index contributed by atoms with van der Waals surface area (Å²) in [6.07, 6.45) is 0. The maximum absolute atomic E-state index is 10.7. The molecule has 0 aromatic heterocycles. The van der Waals surface area contributed by atoms with Crippen molar-refractivity contribution < 1.29 is 22.5 Å². The second kappa shape index (κ2) is 4.65. The molecule has 0 saturated heterocycles. The van der Waals surface area contributed by atoms with E-state index < -0.39 is 27.9 Å². The molecular formula is C4H9NO5S2. The maximum atomic E-state index is 10.7. The third kappa shape index (κ3) is 4.54. The summed E-state index contributed by atoms with van der Waals surface area (Å²) >= 11 is 3.49. The highest BCUT2D eigenvalue weighted by molar-refractivity contribution is 7.85. The Hall–Kier alpha value is -0.310. The zero-order valence-electron chi connectivity index (χ0n) is 6.22. The van der Waals surface area contributed by atoms with Crippen LogP contribution >= 0.6 is 12.8 Å². The first-order valence-corrected chi connectivity index (χ1v) is 4.89. The van der Waals surface area contributed by atoms with E-state index in [9.17, 15) is 13.2 Å². The van der Waals surface area contributed by atoms with Gasteiger partial charge in [0.1, 0.15) is 11.8 Å². The van der Waals surface area contributed by atoms with E-state index in [0.29, 0.717) is 0 Å². The number of carbonyl (C=O) groups is 1. The number of esters is 1. The van der Waals surface area contributed by atoms with Crippen LogP contribution in [0.4, 0.5) is 0 Å². The van der Waals surface area contributed by atoms with Gasteiger partial charge in [0.2, 0.25) is 0 Å². The zero-order valence-corrected chi connectivity index (χ0v) is 7.93. The average molecular weight is 215 g/mol. The lowest BCUT2D eigenvalue weighted by atomic mass is 10.4. The molecule has 2 N–H and O–H groups in total. The molecule has 0 fully saturated rings. The van der Waals surface area contributed by atoms with Crippen molar-refractivity contribution in [2.45, 2.75) is 6.04 Å². The van der Waals surface area contributed by atoms with E-state index in [4.69, 9.17) is 4.55 Å². The molecular weight excluding hydrogens is 206 g/mol. The minimum atomic E-state index is -4.20. The summed E-state index contributed by atoms with van der Waals surface area (Å²) in [5, 5.41) is 0. The normalized spacial score (nSPS) is 13.9. The molecule has 0 bridgehead atoms. The Morgan fingerprint density at radius 1 is 1.75 bits per heavy atom. The third-order valence-electron chi connectivity index (χ3n) is 1.02. The molecule has 0 amide bonds. The predicted octanol–water partition coefficient (Wildman–Crippen LogP) is -1.15. The monoisotopic (exact) mass is 215 g/mol. The summed E-state index contributed by atoms with van der Waals surface area (Å²) in [6, 6.07) is -1.16. The molecule has 8 heteroatoms. The van der Waals surface area contributed by atoms with Crippen LogP contribution < -0.4 is 4.72 Å². The lowest BCUT2D eigenvalue weighted by molar-refractivity contribution is -0.141. The van der Waals surface area contributed by atoms with E-state index in [0.717, 1.165) is 7.11 Å². The molecule has 0 saturated carbocycles. The fourth-order valence-corrected chi connectivity index (χ4v) is 1.47. The molecule has 0 rings (SSSR count). The Balaban J connectivity index is 4.29. The topological polar surface area (TPSA) is 92.7 Å². The van der Waals surface area contributed by atoms with Gasteiger partial charge in [-0.3, -0.25) is 14.1 Å². The first-order valence-electron chi connectivity index (χ1n) is 2.83. The summed E-state index contributed by atoms with van der Waals surface area (Å²) in [5.74, 6) is -1.56. The van der Waals surface area contributed by atoms with Gasteiger partial charge < -0.3 is 4.74 Å². The molecule has 72 valence electrons. The first kappa shape index (κ1) is 11.7. The van der Waals surface area contributed by atoms with Crippen molar-refractivity contribution in [3.63, 3.8) is 0 Å². The van der Waals surface area contributed by atoms with E-state index in [1.54, 1.807) is 0 Å². The van der Waals surface area contributed by atoms with E-state index in [1.807, 2.05) is 0 Å². The minimum absolute atomic E-state index is 0.761. The second-order valence-corrected chi connectivity index (χ2v) is 3.71. The van der Waals surface area contributed by atoms with Gasteiger partial charge in [0.15, 0.2) is 0 Å². The number of rotatable bonds is 4. The fraction of sp³-hybridized carbons (Fsp3) is 0.750. The van der Waals surface area contributed by atoms with Crippen LogP contribution in [0.3, 0.4) is 0 Å². The number of hydrogen-bond donors (Lipinski definition) is 3. The van der Waals surface area contributed by atoms with Crippen molar-refractivity contribution in [2.75, 3.05) is 12.9 Å². The van der Waals surface area contributed by atoms with Crippen LogP contribution in [0, 0.1) is 0 Å². The van der Waals surface area contributed by atoms with Crippen LogP contribution in [-0.4, -0.2) is 37.8 Å².